The van der Waals surface area contributed by atoms with Gasteiger partial charge in [0.05, 0.1) is 0 Å². The number of nitrogen functional groups attached to an aromatic ring is 1. The van der Waals surface area contributed by atoms with E-state index in [2.05, 4.69) is 0 Å². The Hall–Kier alpha value is 0.158. The van der Waals surface area contributed by atoms with Crippen LogP contribution in [0.15, 0.2) is 24.3 Å². The summed E-state index contributed by atoms with van der Waals surface area (Å²) in [5, 5.41) is 0. The average Bonchev–Trinajstić information content (AvgIpc) is 1.88. The summed E-state index contributed by atoms with van der Waals surface area (Å²) in [5.41, 5.74) is 6.20. The maximum atomic E-state index is 5.73. The summed E-state index contributed by atoms with van der Waals surface area (Å²) in [6.45, 7) is 0. The molecular weight excluding hydrogens is 232 g/mol. The van der Waals surface area contributed by atoms with E-state index in [0.717, 1.165) is 10.0 Å². The van der Waals surface area contributed by atoms with Gasteiger partial charge in [-0.2, -0.15) is 0 Å². The molecule has 0 aliphatic heterocycles. The van der Waals surface area contributed by atoms with Crippen molar-refractivity contribution in [3.63, 3.8) is 0 Å². The molecule has 0 bridgehead atoms. The second-order valence-corrected chi connectivity index (χ2v) is 8.30. The summed E-state index contributed by atoms with van der Waals surface area (Å²) in [6, 6.07) is 7.36. The van der Waals surface area contributed by atoms with Crippen molar-refractivity contribution < 1.29 is 0 Å². The minimum absolute atomic E-state index is 0.743. The van der Waals surface area contributed by atoms with Crippen LogP contribution in [0, 0.1) is 0 Å². The van der Waals surface area contributed by atoms with Crippen LogP contribution in [-0.2, 0) is 0 Å². The van der Waals surface area contributed by atoms with Gasteiger partial charge in [0.15, 0.2) is 0 Å². The number of hydrogen-bond donors (Lipinski definition) is 1. The zero-order valence-electron chi connectivity index (χ0n) is 5.09. The molecule has 0 heterocycles. The molecule has 0 amide bonds. The van der Waals surface area contributed by atoms with Crippen molar-refractivity contribution in [3.8, 4) is 0 Å². The summed E-state index contributed by atoms with van der Waals surface area (Å²) >= 11 is -1.72. The van der Waals surface area contributed by atoms with Crippen molar-refractivity contribution in [1.29, 1.82) is 0 Å². The Morgan fingerprint density at radius 1 is 1.10 bits per heavy atom. The van der Waals surface area contributed by atoms with Gasteiger partial charge in [-0.1, -0.05) is 0 Å². The van der Waals surface area contributed by atoms with Crippen molar-refractivity contribution in [2.24, 2.45) is 0 Å². The van der Waals surface area contributed by atoms with E-state index in [1.165, 1.54) is 0 Å². The number of hydrogen-bond acceptors (Lipinski definition) is 1. The first-order valence-corrected chi connectivity index (χ1v) is 8.54. The zero-order valence-corrected chi connectivity index (χ0v) is 8.48. The molecule has 4 heteroatoms. The number of rotatable bonds is 1. The first-order valence-electron chi connectivity index (χ1n) is 2.67. The van der Waals surface area contributed by atoms with Gasteiger partial charge in [0, 0.05) is 0 Å². The Morgan fingerprint density at radius 3 is 2.00 bits per heavy atom. The Labute approximate surface area is 72.7 Å². The van der Waals surface area contributed by atoms with Crippen molar-refractivity contribution in [1.82, 2.24) is 0 Å². The van der Waals surface area contributed by atoms with E-state index in [4.69, 9.17) is 25.6 Å². The quantitative estimate of drug-likeness (QED) is 0.581. The SMILES string of the molecule is Nc1ccc([As](Cl)Cl)cc1. The molecular formula is C6H6AsCl2N. The molecule has 0 atom stereocenters. The predicted molar refractivity (Wildman–Crippen MR) is 47.9 cm³/mol. The molecule has 1 nitrogen and oxygen atoms in total. The molecule has 0 unspecified atom stereocenters. The molecule has 0 fully saturated rings. The summed E-state index contributed by atoms with van der Waals surface area (Å²) < 4.78 is 1.02. The van der Waals surface area contributed by atoms with Crippen LogP contribution in [0.25, 0.3) is 0 Å². The second-order valence-electron chi connectivity index (χ2n) is 1.82. The van der Waals surface area contributed by atoms with Gasteiger partial charge < -0.3 is 0 Å². The van der Waals surface area contributed by atoms with Crippen molar-refractivity contribution in [2.75, 3.05) is 5.73 Å². The first kappa shape index (κ1) is 8.26. The number of nitrogens with two attached hydrogens (primary N) is 1. The minimum atomic E-state index is -1.72. The van der Waals surface area contributed by atoms with E-state index in [-0.39, 0.29) is 0 Å². The monoisotopic (exact) mass is 237 g/mol. The molecule has 2 N–H and O–H groups in total. The van der Waals surface area contributed by atoms with Gasteiger partial charge >= 0.3 is 72.7 Å². The van der Waals surface area contributed by atoms with E-state index in [9.17, 15) is 0 Å². The van der Waals surface area contributed by atoms with Gasteiger partial charge in [0.25, 0.3) is 0 Å². The summed E-state index contributed by atoms with van der Waals surface area (Å²) in [4.78, 5) is 0. The molecule has 0 radical (unpaired) electrons. The van der Waals surface area contributed by atoms with Crippen molar-refractivity contribution in [2.45, 2.75) is 0 Å². The molecule has 1 rings (SSSR count). The van der Waals surface area contributed by atoms with Crippen LogP contribution in [0.2, 0.25) is 0 Å². The molecule has 0 aliphatic carbocycles. The third kappa shape index (κ3) is 2.09. The van der Waals surface area contributed by atoms with Crippen molar-refractivity contribution in [3.05, 3.63) is 24.3 Å². The summed E-state index contributed by atoms with van der Waals surface area (Å²) in [7, 11) is 11.5. The molecule has 10 heavy (non-hydrogen) atoms. The van der Waals surface area contributed by atoms with Crippen molar-refractivity contribution >= 4 is 42.7 Å². The summed E-state index contributed by atoms with van der Waals surface area (Å²) in [5.74, 6) is 0. The fraction of sp³-hybridized carbons (Fsp3) is 0. The normalized spacial score (nSPS) is 10.3. The Morgan fingerprint density at radius 2 is 1.60 bits per heavy atom. The van der Waals surface area contributed by atoms with Crippen LogP contribution in [0.3, 0.4) is 0 Å². The number of halogens is 2. The molecule has 1 aromatic rings. The van der Waals surface area contributed by atoms with Gasteiger partial charge in [-0.25, -0.2) is 0 Å². The van der Waals surface area contributed by atoms with E-state index in [1.54, 1.807) is 0 Å². The molecule has 54 valence electrons. The predicted octanol–water partition coefficient (Wildman–Crippen LogP) is 1.44. The second kappa shape index (κ2) is 3.52. The van der Waals surface area contributed by atoms with E-state index in [0.29, 0.717) is 0 Å². The zero-order chi connectivity index (χ0) is 7.56. The van der Waals surface area contributed by atoms with Gasteiger partial charge in [0.2, 0.25) is 0 Å². The van der Waals surface area contributed by atoms with Crippen LogP contribution in [0.1, 0.15) is 0 Å². The Balaban J connectivity index is 2.89. The summed E-state index contributed by atoms with van der Waals surface area (Å²) in [6.07, 6.45) is 0. The third-order valence-electron chi connectivity index (χ3n) is 1.09. The van der Waals surface area contributed by atoms with Gasteiger partial charge in [-0.3, -0.25) is 0 Å². The number of anilines is 1. The molecule has 0 spiro atoms. The van der Waals surface area contributed by atoms with E-state index in [1.807, 2.05) is 24.3 Å². The van der Waals surface area contributed by atoms with Gasteiger partial charge in [-0.15, -0.1) is 0 Å². The van der Waals surface area contributed by atoms with E-state index < -0.39 is 12.8 Å². The standard InChI is InChI=1S/C6H6AsCl2N/c8-7(9)5-1-3-6(10)4-2-5/h1-4H,10H2. The Kier molecular flexibility index (Phi) is 2.91. The van der Waals surface area contributed by atoms with Crippen LogP contribution < -0.4 is 10.1 Å². The first-order chi connectivity index (χ1) is 4.70. The molecule has 0 aromatic heterocycles. The third-order valence-corrected chi connectivity index (χ3v) is 4.56. The topological polar surface area (TPSA) is 26.0 Å². The fourth-order valence-corrected chi connectivity index (χ4v) is 2.54. The van der Waals surface area contributed by atoms with Gasteiger partial charge in [0.1, 0.15) is 0 Å². The van der Waals surface area contributed by atoms with Gasteiger partial charge in [-0.05, 0) is 0 Å². The molecule has 0 saturated heterocycles. The fourth-order valence-electron chi connectivity index (χ4n) is 0.587. The van der Waals surface area contributed by atoms with E-state index >= 15 is 0 Å². The van der Waals surface area contributed by atoms with Crippen LogP contribution >= 0.6 is 19.9 Å². The van der Waals surface area contributed by atoms with Crippen LogP contribution in [0.5, 0.6) is 0 Å². The Bertz CT molecular complexity index is 209. The van der Waals surface area contributed by atoms with Crippen LogP contribution in [0.4, 0.5) is 5.69 Å². The average molecular weight is 238 g/mol. The maximum absolute atomic E-state index is 5.73. The molecule has 1 aromatic carbocycles. The number of benzene rings is 1. The molecule has 0 aliphatic rings. The molecule has 0 saturated carbocycles. The van der Waals surface area contributed by atoms with Crippen LogP contribution in [-0.4, -0.2) is 12.8 Å².